The van der Waals surface area contributed by atoms with Gasteiger partial charge in [0.05, 0.1) is 5.69 Å². The quantitative estimate of drug-likeness (QED) is 0.724. The zero-order valence-corrected chi connectivity index (χ0v) is 17.4. The number of nitrogens with one attached hydrogen (secondary N) is 1. The van der Waals surface area contributed by atoms with Crippen molar-refractivity contribution in [3.8, 4) is 11.3 Å². The third-order valence-corrected chi connectivity index (χ3v) is 5.73. The van der Waals surface area contributed by atoms with Crippen molar-refractivity contribution in [2.24, 2.45) is 7.05 Å². The van der Waals surface area contributed by atoms with E-state index in [1.54, 1.807) is 19.3 Å². The van der Waals surface area contributed by atoms with Gasteiger partial charge in [0.2, 0.25) is 5.95 Å². The van der Waals surface area contributed by atoms with Crippen molar-refractivity contribution in [2.45, 2.75) is 26.3 Å². The summed E-state index contributed by atoms with van der Waals surface area (Å²) in [7, 11) is 1.69. The summed E-state index contributed by atoms with van der Waals surface area (Å²) in [5.74, 6) is 0.319. The lowest BCUT2D eigenvalue weighted by atomic mass is 10.1. The van der Waals surface area contributed by atoms with Gasteiger partial charge in [0, 0.05) is 43.6 Å². The number of nitrogens with zero attached hydrogens (tertiary/aromatic N) is 4. The van der Waals surface area contributed by atoms with Crippen molar-refractivity contribution in [1.82, 2.24) is 19.9 Å². The molecule has 3 aromatic rings. The summed E-state index contributed by atoms with van der Waals surface area (Å²) in [6.07, 6.45) is 2.53. The van der Waals surface area contributed by atoms with Gasteiger partial charge < -0.3 is 14.8 Å². The molecule has 4 rings (SSSR count). The fraction of sp³-hybridized carbons (Fsp3) is 0.304. The second-order valence-corrected chi connectivity index (χ2v) is 7.70. The first-order chi connectivity index (χ1) is 14.4. The fourth-order valence-electron chi connectivity index (χ4n) is 3.74. The summed E-state index contributed by atoms with van der Waals surface area (Å²) in [6.45, 7) is 5.13. The average molecular weight is 403 g/mol. The number of aromatic nitrogens is 3. The van der Waals surface area contributed by atoms with E-state index in [4.69, 9.17) is 4.98 Å². The highest BCUT2D eigenvalue weighted by Crippen LogP contribution is 2.21. The molecule has 1 aromatic carbocycles. The number of aryl methyl sites for hydroxylation is 1. The van der Waals surface area contributed by atoms with Crippen LogP contribution in [0.15, 0.2) is 53.5 Å². The highest BCUT2D eigenvalue weighted by molar-refractivity contribution is 5.94. The Hall–Kier alpha value is -3.48. The van der Waals surface area contributed by atoms with Crippen LogP contribution in [0.5, 0.6) is 0 Å². The molecule has 2 aromatic heterocycles. The van der Waals surface area contributed by atoms with Crippen LogP contribution in [0.4, 0.5) is 5.95 Å². The van der Waals surface area contributed by atoms with Crippen LogP contribution >= 0.6 is 0 Å². The summed E-state index contributed by atoms with van der Waals surface area (Å²) >= 11 is 0. The molecule has 7 heteroatoms. The van der Waals surface area contributed by atoms with Gasteiger partial charge in [0.1, 0.15) is 5.56 Å². The Bertz CT molecular complexity index is 1140. The van der Waals surface area contributed by atoms with Crippen LogP contribution in [-0.2, 0) is 7.05 Å². The lowest BCUT2D eigenvalue weighted by molar-refractivity contribution is 0.0938. The van der Waals surface area contributed by atoms with Crippen LogP contribution in [-0.4, -0.2) is 39.6 Å². The predicted octanol–water partition coefficient (Wildman–Crippen LogP) is 2.47. The second kappa shape index (κ2) is 8.10. The van der Waals surface area contributed by atoms with Gasteiger partial charge in [-0.05, 0) is 38.0 Å². The van der Waals surface area contributed by atoms with Crippen molar-refractivity contribution in [2.75, 3.05) is 18.0 Å². The van der Waals surface area contributed by atoms with E-state index in [1.165, 1.54) is 4.57 Å². The van der Waals surface area contributed by atoms with Crippen molar-refractivity contribution < 1.29 is 4.79 Å². The number of anilines is 1. The minimum Gasteiger partial charge on any atom is -0.347 e. The summed E-state index contributed by atoms with van der Waals surface area (Å²) in [5, 5.41) is 3.01. The normalized spacial score (nSPS) is 16.0. The minimum atomic E-state index is -0.329. The van der Waals surface area contributed by atoms with E-state index in [0.717, 1.165) is 35.5 Å². The van der Waals surface area contributed by atoms with Crippen LogP contribution in [0, 0.1) is 13.8 Å². The fourth-order valence-corrected chi connectivity index (χ4v) is 3.74. The number of pyridine rings is 1. The molecule has 1 N–H and O–H groups in total. The lowest BCUT2D eigenvalue weighted by Crippen LogP contribution is -2.40. The van der Waals surface area contributed by atoms with E-state index in [2.05, 4.69) is 15.2 Å². The zero-order valence-electron chi connectivity index (χ0n) is 17.4. The molecular weight excluding hydrogens is 378 g/mol. The van der Waals surface area contributed by atoms with Crippen molar-refractivity contribution in [3.05, 3.63) is 75.8 Å². The van der Waals surface area contributed by atoms with Gasteiger partial charge >= 0.3 is 0 Å². The van der Waals surface area contributed by atoms with Crippen LogP contribution in [0.25, 0.3) is 11.3 Å². The minimum absolute atomic E-state index is 0.0622. The summed E-state index contributed by atoms with van der Waals surface area (Å²) in [4.78, 5) is 36.4. The van der Waals surface area contributed by atoms with Crippen LogP contribution in [0.2, 0.25) is 0 Å². The van der Waals surface area contributed by atoms with Crippen molar-refractivity contribution >= 4 is 11.9 Å². The highest BCUT2D eigenvalue weighted by atomic mass is 16.2. The molecule has 0 aliphatic carbocycles. The van der Waals surface area contributed by atoms with Gasteiger partial charge in [-0.2, -0.15) is 0 Å². The Morgan fingerprint density at radius 3 is 2.70 bits per heavy atom. The molecule has 0 saturated carbocycles. The maximum Gasteiger partial charge on any atom is 0.263 e. The molecular formula is C23H25N5O2. The van der Waals surface area contributed by atoms with E-state index in [1.807, 2.05) is 50.2 Å². The Morgan fingerprint density at radius 1 is 1.17 bits per heavy atom. The maximum absolute atomic E-state index is 12.7. The molecule has 0 spiro atoms. The van der Waals surface area contributed by atoms with E-state index in [9.17, 15) is 9.59 Å². The van der Waals surface area contributed by atoms with Gasteiger partial charge in [0.15, 0.2) is 0 Å². The summed E-state index contributed by atoms with van der Waals surface area (Å²) in [6, 6.07) is 13.5. The van der Waals surface area contributed by atoms with Crippen LogP contribution < -0.4 is 15.8 Å². The second-order valence-electron chi connectivity index (χ2n) is 7.70. The van der Waals surface area contributed by atoms with Crippen molar-refractivity contribution in [3.63, 3.8) is 0 Å². The molecule has 0 bridgehead atoms. The molecule has 1 amide bonds. The van der Waals surface area contributed by atoms with Gasteiger partial charge in [-0.25, -0.2) is 9.97 Å². The largest absolute Gasteiger partial charge is 0.347 e. The Balaban J connectivity index is 1.47. The summed E-state index contributed by atoms with van der Waals surface area (Å²) < 4.78 is 1.52. The summed E-state index contributed by atoms with van der Waals surface area (Å²) in [5.41, 5.74) is 3.59. The smallest absolute Gasteiger partial charge is 0.263 e. The standard InChI is InChI=1S/C23H25N5O2/c1-15-13-19(22(30)27(3)16(15)2)21(29)25-18-10-12-28(14-18)23-24-11-9-20(26-23)17-7-5-4-6-8-17/h4-9,11,13,18H,10,12,14H2,1-3H3,(H,25,29). The number of carbonyl (C=O) groups is 1. The Kier molecular flexibility index (Phi) is 5.35. The van der Waals surface area contributed by atoms with Crippen LogP contribution in [0.1, 0.15) is 28.0 Å². The third-order valence-electron chi connectivity index (χ3n) is 5.73. The number of rotatable bonds is 4. The van der Waals surface area contributed by atoms with Crippen LogP contribution in [0.3, 0.4) is 0 Å². The molecule has 1 atom stereocenters. The lowest BCUT2D eigenvalue weighted by Gasteiger charge is -2.18. The highest BCUT2D eigenvalue weighted by Gasteiger charge is 2.27. The van der Waals surface area contributed by atoms with Crippen molar-refractivity contribution in [1.29, 1.82) is 0 Å². The van der Waals surface area contributed by atoms with Gasteiger partial charge in [-0.15, -0.1) is 0 Å². The molecule has 1 fully saturated rings. The molecule has 1 saturated heterocycles. The molecule has 1 aliphatic heterocycles. The van der Waals surface area contributed by atoms with E-state index < -0.39 is 0 Å². The monoisotopic (exact) mass is 403 g/mol. The predicted molar refractivity (Wildman–Crippen MR) is 117 cm³/mol. The number of hydrogen-bond acceptors (Lipinski definition) is 5. The first-order valence-corrected chi connectivity index (χ1v) is 10.1. The topological polar surface area (TPSA) is 80.1 Å². The number of carbonyl (C=O) groups excluding carboxylic acids is 1. The molecule has 3 heterocycles. The molecule has 154 valence electrons. The number of hydrogen-bond donors (Lipinski definition) is 1. The molecule has 7 nitrogen and oxygen atoms in total. The Labute approximate surface area is 175 Å². The van der Waals surface area contributed by atoms with Gasteiger partial charge in [-0.1, -0.05) is 30.3 Å². The maximum atomic E-state index is 12.7. The van der Waals surface area contributed by atoms with Gasteiger partial charge in [0.25, 0.3) is 11.5 Å². The van der Waals surface area contributed by atoms with E-state index >= 15 is 0 Å². The molecule has 30 heavy (non-hydrogen) atoms. The zero-order chi connectivity index (χ0) is 21.3. The average Bonchev–Trinajstić information content (AvgIpc) is 3.24. The first kappa shape index (κ1) is 19.8. The molecule has 1 unspecified atom stereocenters. The Morgan fingerprint density at radius 2 is 1.93 bits per heavy atom. The van der Waals surface area contributed by atoms with Gasteiger partial charge in [-0.3, -0.25) is 9.59 Å². The third kappa shape index (κ3) is 3.83. The SMILES string of the molecule is Cc1cc(C(=O)NC2CCN(c3nccc(-c4ccccc4)n3)C2)c(=O)n(C)c1C. The molecule has 1 aliphatic rings. The van der Waals surface area contributed by atoms with E-state index in [-0.39, 0.29) is 23.1 Å². The number of amides is 1. The first-order valence-electron chi connectivity index (χ1n) is 10.1. The number of benzene rings is 1. The molecule has 0 radical (unpaired) electrons. The van der Waals surface area contributed by atoms with E-state index in [0.29, 0.717) is 12.5 Å².